The van der Waals surface area contributed by atoms with E-state index in [1.807, 2.05) is 32.9 Å². The summed E-state index contributed by atoms with van der Waals surface area (Å²) >= 11 is 12.3. The maximum Gasteiger partial charge on any atom is 0.342 e. The SMILES string of the molecule is CCC(=O)OC1C(OC2C(C)=CC(C)=CCC(C(C)O)OC(=O)C(COC3OC(C)C(OC(=O)c4c(O)c(Cl)c(O)c(Cl)c4CC)C(O)C3OC)=CC=CCC(O)C(C)=CC2CC)OC(C)(C)C(O)C1O. The van der Waals surface area contributed by atoms with Crippen molar-refractivity contribution >= 4 is 41.1 Å². The molecule has 0 amide bonds. The monoisotopic (exact) mass is 1040 g/mol. The maximum absolute atomic E-state index is 14.0. The average Bonchev–Trinajstić information content (AvgIpc) is 3.32. The zero-order valence-electron chi connectivity index (χ0n) is 42.2. The van der Waals surface area contributed by atoms with E-state index >= 15 is 0 Å². The molecule has 20 heteroatoms. The van der Waals surface area contributed by atoms with Crippen molar-refractivity contribution in [3.05, 3.63) is 79.9 Å². The zero-order valence-corrected chi connectivity index (χ0v) is 43.7. The van der Waals surface area contributed by atoms with Crippen molar-refractivity contribution in [3.8, 4) is 11.5 Å². The lowest BCUT2D eigenvalue weighted by Crippen LogP contribution is -2.64. The van der Waals surface area contributed by atoms with E-state index in [2.05, 4.69) is 0 Å². The summed E-state index contributed by atoms with van der Waals surface area (Å²) in [6.45, 7) is 16.3. The summed E-state index contributed by atoms with van der Waals surface area (Å²) in [5.74, 6) is -4.37. The third-order valence-electron chi connectivity index (χ3n) is 12.8. The lowest BCUT2D eigenvalue weighted by atomic mass is 9.88. The molecule has 0 aliphatic carbocycles. The van der Waals surface area contributed by atoms with Crippen LogP contribution in [0.4, 0.5) is 0 Å². The number of aliphatic hydroxyl groups is 5. The number of phenolic OH excluding ortho intramolecular Hbond substituents is 2. The van der Waals surface area contributed by atoms with Crippen LogP contribution in [0.15, 0.2) is 58.7 Å². The fourth-order valence-electron chi connectivity index (χ4n) is 8.49. The highest BCUT2D eigenvalue weighted by atomic mass is 35.5. The topological polar surface area (TPSA) is 267 Å². The Morgan fingerprint density at radius 2 is 1.59 bits per heavy atom. The quantitative estimate of drug-likeness (QED) is 0.0680. The van der Waals surface area contributed by atoms with Gasteiger partial charge in [-0.05, 0) is 90.5 Å². The smallest absolute Gasteiger partial charge is 0.342 e. The van der Waals surface area contributed by atoms with E-state index in [9.17, 15) is 50.1 Å². The zero-order chi connectivity index (χ0) is 53.2. The van der Waals surface area contributed by atoms with Crippen LogP contribution in [0.1, 0.15) is 111 Å². The number of carbonyl (C=O) groups excluding carboxylic acids is 3. The first kappa shape index (κ1) is 59.7. The number of rotatable bonds is 13. The molecule has 0 aromatic heterocycles. The van der Waals surface area contributed by atoms with Gasteiger partial charge in [0.1, 0.15) is 41.1 Å². The predicted octanol–water partition coefficient (Wildman–Crippen LogP) is 5.99. The van der Waals surface area contributed by atoms with Crippen LogP contribution in [0, 0.1) is 5.92 Å². The molecule has 14 unspecified atom stereocenters. The van der Waals surface area contributed by atoms with Gasteiger partial charge >= 0.3 is 17.9 Å². The van der Waals surface area contributed by atoms with Crippen LogP contribution in [0.2, 0.25) is 10.0 Å². The predicted molar refractivity (Wildman–Crippen MR) is 261 cm³/mol. The highest BCUT2D eigenvalue weighted by Gasteiger charge is 2.52. The second-order valence-electron chi connectivity index (χ2n) is 18.6. The van der Waals surface area contributed by atoms with Crippen LogP contribution in [-0.4, -0.2) is 153 Å². The van der Waals surface area contributed by atoms with E-state index in [4.69, 9.17) is 61.1 Å². The van der Waals surface area contributed by atoms with E-state index in [1.165, 1.54) is 33.1 Å². The molecule has 3 aliphatic rings. The fraction of sp³-hybridized carbons (Fsp3) is 0.627. The summed E-state index contributed by atoms with van der Waals surface area (Å²) in [7, 11) is 1.26. The Kier molecular flexibility index (Phi) is 22.2. The number of halogens is 2. The van der Waals surface area contributed by atoms with Gasteiger partial charge in [-0.25, -0.2) is 9.59 Å². The first-order chi connectivity index (χ1) is 33.3. The number of carbonyl (C=O) groups is 3. The number of hydrogen-bond donors (Lipinski definition) is 7. The van der Waals surface area contributed by atoms with Crippen molar-refractivity contribution in [2.45, 2.75) is 187 Å². The molecule has 2 saturated heterocycles. The van der Waals surface area contributed by atoms with Gasteiger partial charge in [0, 0.05) is 25.9 Å². The van der Waals surface area contributed by atoms with Gasteiger partial charge in [-0.1, -0.05) is 79.9 Å². The summed E-state index contributed by atoms with van der Waals surface area (Å²) in [6.07, 6.45) is -5.38. The highest BCUT2D eigenvalue weighted by molar-refractivity contribution is 6.39. The molecule has 0 saturated carbocycles. The van der Waals surface area contributed by atoms with E-state index < -0.39 is 138 Å². The number of esters is 3. The maximum atomic E-state index is 14.0. The number of ether oxygens (including phenoxy) is 8. The van der Waals surface area contributed by atoms with E-state index in [-0.39, 0.29) is 41.8 Å². The molecule has 71 heavy (non-hydrogen) atoms. The molecule has 1 aromatic carbocycles. The van der Waals surface area contributed by atoms with Crippen molar-refractivity contribution in [2.24, 2.45) is 5.92 Å². The van der Waals surface area contributed by atoms with Crippen LogP contribution in [0.3, 0.4) is 0 Å². The van der Waals surface area contributed by atoms with Gasteiger partial charge in [0.15, 0.2) is 36.3 Å². The molecule has 0 spiro atoms. The third-order valence-corrected chi connectivity index (χ3v) is 13.6. The molecule has 0 bridgehead atoms. The lowest BCUT2D eigenvalue weighted by molar-refractivity contribution is -0.333. The van der Waals surface area contributed by atoms with E-state index in [1.54, 1.807) is 46.8 Å². The van der Waals surface area contributed by atoms with Gasteiger partial charge in [0.25, 0.3) is 0 Å². The second-order valence-corrected chi connectivity index (χ2v) is 19.4. The molecule has 398 valence electrons. The molecule has 3 aliphatic heterocycles. The standard InChI is InChI=1S/C51H72Cl2O18/c1-12-29-22-25(5)32(55)18-16-15-17-30(23-65-49-44(64-11)40(59)43(28(8)66-49)69-48(63)35-31(13-2)36(52)39(58)37(53)38(35)57)47(62)67-33(27(7)54)20-19-24(4)21-26(6)42(29)70-50-45(68-34(56)14-3)41(60)46(61)51(9,10)71-50/h15-17,19,21-22,27-29,32-33,40-46,49-50,54-55,57-61H,12-14,18,20,23H2,1-11H3. The fourth-order valence-corrected chi connectivity index (χ4v) is 9.05. The summed E-state index contributed by atoms with van der Waals surface area (Å²) < 4.78 is 47.6. The Labute approximate surface area is 425 Å². The minimum absolute atomic E-state index is 0.00478. The Morgan fingerprint density at radius 1 is 0.915 bits per heavy atom. The van der Waals surface area contributed by atoms with Crippen LogP contribution in [0.5, 0.6) is 11.5 Å². The first-order valence-electron chi connectivity index (χ1n) is 23.8. The lowest BCUT2D eigenvalue weighted by Gasteiger charge is -2.47. The molecule has 18 nitrogen and oxygen atoms in total. The van der Waals surface area contributed by atoms with Gasteiger partial charge in [-0.15, -0.1) is 0 Å². The number of phenols is 2. The van der Waals surface area contributed by atoms with Crippen LogP contribution < -0.4 is 0 Å². The normalized spacial score (nSPS) is 31.7. The van der Waals surface area contributed by atoms with E-state index in [0.717, 1.165) is 0 Å². The average molecular weight is 1040 g/mol. The summed E-state index contributed by atoms with van der Waals surface area (Å²) in [5.41, 5.74) is 0.292. The van der Waals surface area contributed by atoms with Crippen LogP contribution in [-0.2, 0) is 53.9 Å². The van der Waals surface area contributed by atoms with Crippen molar-refractivity contribution < 1.29 is 88.0 Å². The Bertz CT molecular complexity index is 2180. The van der Waals surface area contributed by atoms with E-state index in [0.29, 0.717) is 23.1 Å². The molecule has 14 atom stereocenters. The number of aliphatic hydroxyl groups excluding tert-OH is 5. The van der Waals surface area contributed by atoms with Gasteiger partial charge in [-0.2, -0.15) is 0 Å². The number of aromatic hydroxyl groups is 2. The number of hydrogen-bond acceptors (Lipinski definition) is 18. The first-order valence-corrected chi connectivity index (χ1v) is 24.5. The van der Waals surface area contributed by atoms with Crippen molar-refractivity contribution in [3.63, 3.8) is 0 Å². The largest absolute Gasteiger partial charge is 0.505 e. The molecular formula is C51H72Cl2O18. The van der Waals surface area contributed by atoms with Crippen molar-refractivity contribution in [1.82, 2.24) is 0 Å². The van der Waals surface area contributed by atoms with Crippen LogP contribution in [0.25, 0.3) is 0 Å². The molecule has 4 rings (SSSR count). The number of methoxy groups -OCH3 is 1. The molecule has 0 radical (unpaired) electrons. The number of allylic oxidation sites excluding steroid dienone is 4. The number of benzene rings is 1. The second kappa shape index (κ2) is 26.4. The Morgan fingerprint density at radius 3 is 2.20 bits per heavy atom. The molecule has 3 heterocycles. The number of cyclic esters (lactones) is 1. The third kappa shape index (κ3) is 14.7. The molecule has 1 aromatic rings. The molecular weight excluding hydrogens is 971 g/mol. The van der Waals surface area contributed by atoms with Crippen LogP contribution >= 0.6 is 23.2 Å². The minimum Gasteiger partial charge on any atom is -0.505 e. The summed E-state index contributed by atoms with van der Waals surface area (Å²) in [4.78, 5) is 40.0. The highest BCUT2D eigenvalue weighted by Crippen LogP contribution is 2.45. The minimum atomic E-state index is -1.57. The van der Waals surface area contributed by atoms with Gasteiger partial charge in [-0.3, -0.25) is 4.79 Å². The Balaban J connectivity index is 1.63. The molecule has 7 N–H and O–H groups in total. The van der Waals surface area contributed by atoms with Gasteiger partial charge in [0.2, 0.25) is 0 Å². The Hall–Kier alpha value is -3.89. The summed E-state index contributed by atoms with van der Waals surface area (Å²) in [5, 5.41) is 75.9. The van der Waals surface area contributed by atoms with Gasteiger partial charge in [0.05, 0.1) is 47.2 Å². The molecule has 2 fully saturated rings. The van der Waals surface area contributed by atoms with Gasteiger partial charge < -0.3 is 73.6 Å². The van der Waals surface area contributed by atoms with Crippen molar-refractivity contribution in [1.29, 1.82) is 0 Å². The van der Waals surface area contributed by atoms with Crippen molar-refractivity contribution in [2.75, 3.05) is 13.7 Å². The summed E-state index contributed by atoms with van der Waals surface area (Å²) in [6, 6.07) is 0.